The highest BCUT2D eigenvalue weighted by Crippen LogP contribution is 2.00. The Bertz CT molecular complexity index is 393. The molecule has 0 saturated carbocycles. The first-order valence-electron chi connectivity index (χ1n) is 7.05. The molecular formula is C14H22N4O2. The topological polar surface area (TPSA) is 66.5 Å². The molecule has 110 valence electrons. The molecule has 1 amide bonds. The number of rotatable bonds is 7. The molecule has 2 heterocycles. The average molecular weight is 278 g/mol. The van der Waals surface area contributed by atoms with Crippen molar-refractivity contribution in [1.29, 1.82) is 0 Å². The molecule has 2 rings (SSSR count). The molecule has 1 saturated heterocycles. The number of ether oxygens (including phenoxy) is 1. The minimum atomic E-state index is 0.0298. The highest BCUT2D eigenvalue weighted by atomic mass is 16.5. The Morgan fingerprint density at radius 2 is 2.25 bits per heavy atom. The molecule has 2 N–H and O–H groups in total. The monoisotopic (exact) mass is 278 g/mol. The van der Waals surface area contributed by atoms with Crippen molar-refractivity contribution in [2.24, 2.45) is 0 Å². The second-order valence-electron chi connectivity index (χ2n) is 4.82. The van der Waals surface area contributed by atoms with Crippen molar-refractivity contribution in [2.75, 3.05) is 32.8 Å². The van der Waals surface area contributed by atoms with Gasteiger partial charge in [0.2, 0.25) is 5.91 Å². The lowest BCUT2D eigenvalue weighted by Gasteiger charge is -2.26. The van der Waals surface area contributed by atoms with Crippen molar-refractivity contribution in [2.45, 2.75) is 19.4 Å². The summed E-state index contributed by atoms with van der Waals surface area (Å²) in [6, 6.07) is 3.84. The number of carbonyl (C=O) groups excluding carboxylic acids is 1. The highest BCUT2D eigenvalue weighted by Gasteiger charge is 2.10. The van der Waals surface area contributed by atoms with E-state index >= 15 is 0 Å². The molecule has 0 radical (unpaired) electrons. The van der Waals surface area contributed by atoms with Gasteiger partial charge < -0.3 is 4.74 Å². The van der Waals surface area contributed by atoms with Gasteiger partial charge >= 0.3 is 0 Å². The van der Waals surface area contributed by atoms with Crippen molar-refractivity contribution in [3.8, 4) is 0 Å². The first-order valence-corrected chi connectivity index (χ1v) is 7.05. The minimum Gasteiger partial charge on any atom is -0.379 e. The highest BCUT2D eigenvalue weighted by molar-refractivity contribution is 5.75. The lowest BCUT2D eigenvalue weighted by atomic mass is 10.2. The number of hydrogen-bond donors (Lipinski definition) is 2. The molecule has 1 aromatic heterocycles. The maximum atomic E-state index is 11.6. The van der Waals surface area contributed by atoms with Gasteiger partial charge in [0.05, 0.1) is 13.2 Å². The van der Waals surface area contributed by atoms with Crippen LogP contribution in [0, 0.1) is 0 Å². The van der Waals surface area contributed by atoms with Crippen LogP contribution in [-0.4, -0.2) is 48.6 Å². The molecule has 6 nitrogen and oxygen atoms in total. The van der Waals surface area contributed by atoms with Crippen LogP contribution in [0.5, 0.6) is 0 Å². The van der Waals surface area contributed by atoms with Gasteiger partial charge in [-0.05, 0) is 24.6 Å². The lowest BCUT2D eigenvalue weighted by molar-refractivity contribution is -0.122. The molecular weight excluding hydrogens is 256 g/mol. The quantitative estimate of drug-likeness (QED) is 0.703. The molecule has 1 aliphatic rings. The van der Waals surface area contributed by atoms with Gasteiger partial charge in [0.1, 0.15) is 0 Å². The van der Waals surface area contributed by atoms with E-state index in [2.05, 4.69) is 20.7 Å². The van der Waals surface area contributed by atoms with Gasteiger partial charge in [-0.2, -0.15) is 0 Å². The van der Waals surface area contributed by atoms with E-state index in [9.17, 15) is 4.79 Å². The minimum absolute atomic E-state index is 0.0298. The Morgan fingerprint density at radius 1 is 1.40 bits per heavy atom. The van der Waals surface area contributed by atoms with Crippen LogP contribution >= 0.6 is 0 Å². The van der Waals surface area contributed by atoms with E-state index in [4.69, 9.17) is 4.74 Å². The first-order chi connectivity index (χ1) is 9.84. The summed E-state index contributed by atoms with van der Waals surface area (Å²) in [7, 11) is 0. The Kier molecular flexibility index (Phi) is 6.43. The van der Waals surface area contributed by atoms with Crippen LogP contribution in [0.15, 0.2) is 24.5 Å². The summed E-state index contributed by atoms with van der Waals surface area (Å²) in [5.74, 6) is 0.0298. The fourth-order valence-corrected chi connectivity index (χ4v) is 2.10. The van der Waals surface area contributed by atoms with E-state index in [1.54, 1.807) is 12.4 Å². The number of carbonyl (C=O) groups is 1. The normalized spacial score (nSPS) is 16.0. The Labute approximate surface area is 119 Å². The summed E-state index contributed by atoms with van der Waals surface area (Å²) in [6.07, 6.45) is 4.92. The maximum Gasteiger partial charge on any atom is 0.234 e. The van der Waals surface area contributed by atoms with Crippen LogP contribution in [0.1, 0.15) is 18.4 Å². The van der Waals surface area contributed by atoms with E-state index in [1.165, 1.54) is 0 Å². The van der Waals surface area contributed by atoms with Crippen LogP contribution < -0.4 is 10.9 Å². The summed E-state index contributed by atoms with van der Waals surface area (Å²) in [6.45, 7) is 5.10. The second kappa shape index (κ2) is 8.63. The van der Waals surface area contributed by atoms with Gasteiger partial charge in [-0.15, -0.1) is 0 Å². The molecule has 1 fully saturated rings. The summed E-state index contributed by atoms with van der Waals surface area (Å²) in [4.78, 5) is 18.0. The number of pyridine rings is 1. The number of morpholine rings is 1. The lowest BCUT2D eigenvalue weighted by Crippen LogP contribution is -2.39. The summed E-state index contributed by atoms with van der Waals surface area (Å²) in [5, 5.41) is 0. The molecule has 0 aromatic carbocycles. The third-order valence-corrected chi connectivity index (χ3v) is 3.22. The van der Waals surface area contributed by atoms with Crippen LogP contribution in [0.25, 0.3) is 0 Å². The van der Waals surface area contributed by atoms with Crippen LogP contribution in [0.4, 0.5) is 0 Å². The van der Waals surface area contributed by atoms with Gasteiger partial charge in [-0.1, -0.05) is 6.07 Å². The zero-order valence-corrected chi connectivity index (χ0v) is 11.7. The Hall–Kier alpha value is -1.50. The van der Waals surface area contributed by atoms with E-state index in [0.29, 0.717) is 13.0 Å². The number of nitrogens with zero attached hydrogens (tertiary/aromatic N) is 2. The largest absolute Gasteiger partial charge is 0.379 e. The van der Waals surface area contributed by atoms with Crippen molar-refractivity contribution < 1.29 is 9.53 Å². The van der Waals surface area contributed by atoms with Gasteiger partial charge in [-0.25, -0.2) is 5.43 Å². The fourth-order valence-electron chi connectivity index (χ4n) is 2.10. The molecule has 1 aliphatic heterocycles. The summed E-state index contributed by atoms with van der Waals surface area (Å²) >= 11 is 0. The summed E-state index contributed by atoms with van der Waals surface area (Å²) < 4.78 is 5.29. The summed E-state index contributed by atoms with van der Waals surface area (Å²) in [5.41, 5.74) is 6.67. The average Bonchev–Trinajstić information content (AvgIpc) is 2.49. The fraction of sp³-hybridized carbons (Fsp3) is 0.571. The number of hydrazine groups is 1. The zero-order chi connectivity index (χ0) is 14.0. The van der Waals surface area contributed by atoms with E-state index in [0.717, 1.165) is 44.8 Å². The molecule has 0 bridgehead atoms. The van der Waals surface area contributed by atoms with Crippen molar-refractivity contribution in [3.63, 3.8) is 0 Å². The second-order valence-corrected chi connectivity index (χ2v) is 4.82. The maximum absolute atomic E-state index is 11.6. The van der Waals surface area contributed by atoms with Crippen molar-refractivity contribution in [1.82, 2.24) is 20.7 Å². The van der Waals surface area contributed by atoms with Crippen molar-refractivity contribution >= 4 is 5.91 Å². The third-order valence-electron chi connectivity index (χ3n) is 3.22. The predicted octanol–water partition coefficient (Wildman–Crippen LogP) is 0.315. The first kappa shape index (κ1) is 14.9. The molecule has 0 unspecified atom stereocenters. The van der Waals surface area contributed by atoms with E-state index in [1.807, 2.05) is 12.1 Å². The number of aromatic nitrogens is 1. The van der Waals surface area contributed by atoms with Crippen LogP contribution in [-0.2, 0) is 16.1 Å². The molecule has 6 heteroatoms. The predicted molar refractivity (Wildman–Crippen MR) is 75.7 cm³/mol. The van der Waals surface area contributed by atoms with E-state index in [-0.39, 0.29) is 5.91 Å². The number of nitrogens with one attached hydrogen (secondary N) is 2. The SMILES string of the molecule is O=C(CCCN1CCOCC1)NNCc1cccnc1. The van der Waals surface area contributed by atoms with Crippen molar-refractivity contribution in [3.05, 3.63) is 30.1 Å². The molecule has 20 heavy (non-hydrogen) atoms. The van der Waals surface area contributed by atoms with Gasteiger partial charge in [0, 0.05) is 38.4 Å². The zero-order valence-electron chi connectivity index (χ0n) is 11.7. The standard InChI is InChI=1S/C14H22N4O2/c19-14(4-2-6-18-7-9-20-10-8-18)17-16-12-13-3-1-5-15-11-13/h1,3,5,11,16H,2,4,6-10,12H2,(H,17,19). The van der Waals surface area contributed by atoms with Gasteiger partial charge in [0.15, 0.2) is 0 Å². The molecule has 1 aromatic rings. The number of hydrogen-bond acceptors (Lipinski definition) is 5. The van der Waals surface area contributed by atoms with Crippen LogP contribution in [0.2, 0.25) is 0 Å². The molecule has 0 spiro atoms. The molecule has 0 aliphatic carbocycles. The van der Waals surface area contributed by atoms with Gasteiger partial charge in [-0.3, -0.25) is 20.1 Å². The van der Waals surface area contributed by atoms with E-state index < -0.39 is 0 Å². The van der Waals surface area contributed by atoms with Gasteiger partial charge in [0.25, 0.3) is 0 Å². The number of amides is 1. The third kappa shape index (κ3) is 5.64. The smallest absolute Gasteiger partial charge is 0.234 e. The Morgan fingerprint density at radius 3 is 3.00 bits per heavy atom. The van der Waals surface area contributed by atoms with Crippen LogP contribution in [0.3, 0.4) is 0 Å². The molecule has 0 atom stereocenters. The Balaban J connectivity index is 1.52.